The van der Waals surface area contributed by atoms with Crippen molar-refractivity contribution in [2.45, 2.75) is 18.4 Å². The highest BCUT2D eigenvalue weighted by Gasteiger charge is 2.27. The molecule has 2 aromatic carbocycles. The van der Waals surface area contributed by atoms with Crippen LogP contribution in [0.3, 0.4) is 0 Å². The largest absolute Gasteiger partial charge is 0.389 e. The number of morpholine rings is 1. The van der Waals surface area contributed by atoms with Gasteiger partial charge in [0.2, 0.25) is 10.0 Å². The first kappa shape index (κ1) is 21.0. The third-order valence-electron chi connectivity index (χ3n) is 5.23. The lowest BCUT2D eigenvalue weighted by Gasteiger charge is -2.26. The zero-order chi connectivity index (χ0) is 22.1. The summed E-state index contributed by atoms with van der Waals surface area (Å²) in [6, 6.07) is 14.7. The number of ether oxygens (including phenoxy) is 1. The van der Waals surface area contributed by atoms with Gasteiger partial charge in [-0.2, -0.15) is 4.31 Å². The van der Waals surface area contributed by atoms with Crippen LogP contribution in [0.5, 0.6) is 0 Å². The maximum absolute atomic E-state index is 13.0. The molecule has 0 spiro atoms. The van der Waals surface area contributed by atoms with Gasteiger partial charge in [0.1, 0.15) is 16.0 Å². The SMILES string of the molecule is Cc1nc(-c2ccccc2)sc1COn1nnc2ccc(S(=O)(=O)N3CCOCC3)cc21. The van der Waals surface area contributed by atoms with Crippen molar-refractivity contribution >= 4 is 32.4 Å². The summed E-state index contributed by atoms with van der Waals surface area (Å²) < 4.78 is 32.7. The van der Waals surface area contributed by atoms with Gasteiger partial charge in [0.15, 0.2) is 6.61 Å². The topological polar surface area (TPSA) is 99.4 Å². The Morgan fingerprint density at radius 1 is 1.12 bits per heavy atom. The van der Waals surface area contributed by atoms with Gasteiger partial charge in [-0.3, -0.25) is 0 Å². The molecule has 9 nitrogen and oxygen atoms in total. The molecular weight excluding hydrogens is 450 g/mol. The van der Waals surface area contributed by atoms with Crippen molar-refractivity contribution in [1.29, 1.82) is 0 Å². The molecule has 1 aliphatic rings. The molecule has 0 amide bonds. The second kappa shape index (κ2) is 8.58. The predicted molar refractivity (Wildman–Crippen MR) is 120 cm³/mol. The van der Waals surface area contributed by atoms with Crippen LogP contribution in [0.4, 0.5) is 0 Å². The number of aryl methyl sites for hydroxylation is 1. The van der Waals surface area contributed by atoms with E-state index in [0.29, 0.717) is 37.3 Å². The molecular formula is C21H21N5O4S2. The first-order valence-electron chi connectivity index (χ1n) is 10.1. The van der Waals surface area contributed by atoms with Crippen LogP contribution < -0.4 is 4.84 Å². The van der Waals surface area contributed by atoms with Gasteiger partial charge in [0.25, 0.3) is 0 Å². The number of hydrogen-bond donors (Lipinski definition) is 0. The summed E-state index contributed by atoms with van der Waals surface area (Å²) >= 11 is 1.55. The average molecular weight is 472 g/mol. The van der Waals surface area contributed by atoms with E-state index in [9.17, 15) is 8.42 Å². The Bertz CT molecular complexity index is 1350. The van der Waals surface area contributed by atoms with Gasteiger partial charge in [-0.25, -0.2) is 13.4 Å². The number of sulfonamides is 1. The van der Waals surface area contributed by atoms with Gasteiger partial charge in [0.05, 0.1) is 28.7 Å². The molecule has 1 saturated heterocycles. The fourth-order valence-electron chi connectivity index (χ4n) is 3.46. The van der Waals surface area contributed by atoms with E-state index in [-0.39, 0.29) is 11.5 Å². The van der Waals surface area contributed by atoms with E-state index in [4.69, 9.17) is 9.57 Å². The first-order chi connectivity index (χ1) is 15.5. The van der Waals surface area contributed by atoms with Crippen molar-refractivity contribution in [3.63, 3.8) is 0 Å². The highest BCUT2D eigenvalue weighted by atomic mass is 32.2. The summed E-state index contributed by atoms with van der Waals surface area (Å²) in [5.74, 6) is 0. The highest BCUT2D eigenvalue weighted by Crippen LogP contribution is 2.28. The number of aromatic nitrogens is 4. The fraction of sp³-hybridized carbons (Fsp3) is 0.286. The van der Waals surface area contributed by atoms with Crippen LogP contribution in [0.15, 0.2) is 53.4 Å². The summed E-state index contributed by atoms with van der Waals surface area (Å²) in [7, 11) is -3.63. The molecule has 32 heavy (non-hydrogen) atoms. The van der Waals surface area contributed by atoms with Crippen LogP contribution in [0.2, 0.25) is 0 Å². The zero-order valence-electron chi connectivity index (χ0n) is 17.3. The van der Waals surface area contributed by atoms with Gasteiger partial charge in [-0.1, -0.05) is 35.2 Å². The summed E-state index contributed by atoms with van der Waals surface area (Å²) in [5.41, 5.74) is 2.98. The van der Waals surface area contributed by atoms with Crippen LogP contribution in [0, 0.1) is 6.92 Å². The Labute approximate surface area is 189 Å². The van der Waals surface area contributed by atoms with Crippen molar-refractivity contribution in [2.24, 2.45) is 0 Å². The summed E-state index contributed by atoms with van der Waals surface area (Å²) in [4.78, 5) is 12.9. The van der Waals surface area contributed by atoms with E-state index < -0.39 is 10.0 Å². The molecule has 4 aromatic rings. The van der Waals surface area contributed by atoms with E-state index in [1.807, 2.05) is 37.3 Å². The maximum Gasteiger partial charge on any atom is 0.243 e. The van der Waals surface area contributed by atoms with Gasteiger partial charge < -0.3 is 9.57 Å². The minimum Gasteiger partial charge on any atom is -0.389 e. The van der Waals surface area contributed by atoms with E-state index in [1.165, 1.54) is 9.15 Å². The normalized spacial score (nSPS) is 15.3. The zero-order valence-corrected chi connectivity index (χ0v) is 19.0. The number of hydrogen-bond acceptors (Lipinski definition) is 8. The summed E-state index contributed by atoms with van der Waals surface area (Å²) in [5, 5.41) is 9.05. The third kappa shape index (κ3) is 3.99. The number of nitrogens with zero attached hydrogens (tertiary/aromatic N) is 5. The standard InChI is InChI=1S/C21H21N5O4S2/c1-15-20(31-21(22-15)16-5-3-2-4-6-16)14-30-26-19-13-17(7-8-18(19)23-24-26)32(27,28)25-9-11-29-12-10-25/h2-8,13H,9-12,14H2,1H3. The molecule has 5 rings (SSSR count). The Morgan fingerprint density at radius 3 is 2.69 bits per heavy atom. The number of fused-ring (bicyclic) bond motifs is 1. The molecule has 0 atom stereocenters. The summed E-state index contributed by atoms with van der Waals surface area (Å²) in [6.45, 7) is 3.64. The Morgan fingerprint density at radius 2 is 1.91 bits per heavy atom. The number of thiazole rings is 1. The van der Waals surface area contributed by atoms with Crippen molar-refractivity contribution < 1.29 is 18.0 Å². The summed E-state index contributed by atoms with van der Waals surface area (Å²) in [6.07, 6.45) is 0. The van der Waals surface area contributed by atoms with E-state index in [2.05, 4.69) is 15.3 Å². The maximum atomic E-state index is 13.0. The van der Waals surface area contributed by atoms with Crippen LogP contribution in [0.25, 0.3) is 21.6 Å². The lowest BCUT2D eigenvalue weighted by molar-refractivity contribution is 0.0729. The van der Waals surface area contributed by atoms with Crippen molar-refractivity contribution in [1.82, 2.24) is 24.4 Å². The van der Waals surface area contributed by atoms with Crippen molar-refractivity contribution in [2.75, 3.05) is 26.3 Å². The van der Waals surface area contributed by atoms with Crippen LogP contribution >= 0.6 is 11.3 Å². The molecule has 1 aliphatic heterocycles. The quantitative estimate of drug-likeness (QED) is 0.426. The second-order valence-corrected chi connectivity index (χ2v) is 10.3. The molecule has 11 heteroatoms. The molecule has 0 radical (unpaired) electrons. The third-order valence-corrected chi connectivity index (χ3v) is 8.30. The number of benzene rings is 2. The van der Waals surface area contributed by atoms with Crippen LogP contribution in [0.1, 0.15) is 10.6 Å². The molecule has 166 valence electrons. The molecule has 3 heterocycles. The van der Waals surface area contributed by atoms with Gasteiger partial charge >= 0.3 is 0 Å². The Balaban J connectivity index is 1.39. The molecule has 1 fully saturated rings. The smallest absolute Gasteiger partial charge is 0.243 e. The molecule has 2 aromatic heterocycles. The van der Waals surface area contributed by atoms with Crippen molar-refractivity contribution in [3.05, 3.63) is 59.1 Å². The van der Waals surface area contributed by atoms with Gasteiger partial charge in [-0.15, -0.1) is 16.4 Å². The van der Waals surface area contributed by atoms with Gasteiger partial charge in [0, 0.05) is 18.7 Å². The lowest BCUT2D eigenvalue weighted by atomic mass is 10.2. The minimum atomic E-state index is -3.63. The lowest BCUT2D eigenvalue weighted by Crippen LogP contribution is -2.40. The first-order valence-corrected chi connectivity index (χ1v) is 12.4. The molecule has 0 saturated carbocycles. The van der Waals surface area contributed by atoms with Crippen molar-refractivity contribution in [3.8, 4) is 10.6 Å². The molecule has 0 N–H and O–H groups in total. The Kier molecular flexibility index (Phi) is 5.64. The van der Waals surface area contributed by atoms with E-state index in [0.717, 1.165) is 21.1 Å². The molecule has 0 unspecified atom stereocenters. The fourth-order valence-corrected chi connectivity index (χ4v) is 5.86. The predicted octanol–water partition coefficient (Wildman–Crippen LogP) is 2.51. The average Bonchev–Trinajstić information content (AvgIpc) is 3.41. The van der Waals surface area contributed by atoms with Gasteiger partial charge in [-0.05, 0) is 30.3 Å². The van der Waals surface area contributed by atoms with Crippen LogP contribution in [-0.2, 0) is 21.4 Å². The Hall–Kier alpha value is -2.86. The van der Waals surface area contributed by atoms with E-state index in [1.54, 1.807) is 29.5 Å². The molecule has 0 bridgehead atoms. The van der Waals surface area contributed by atoms with Crippen LogP contribution in [-0.4, -0.2) is 59.2 Å². The highest BCUT2D eigenvalue weighted by molar-refractivity contribution is 7.89. The van der Waals surface area contributed by atoms with E-state index >= 15 is 0 Å². The number of rotatable bonds is 6. The molecule has 0 aliphatic carbocycles. The minimum absolute atomic E-state index is 0.180. The second-order valence-electron chi connectivity index (χ2n) is 7.30. The monoisotopic (exact) mass is 471 g/mol.